The minimum atomic E-state index is -3.51. The van der Waals surface area contributed by atoms with E-state index in [0.29, 0.717) is 6.54 Å². The van der Waals surface area contributed by atoms with Gasteiger partial charge in [0.2, 0.25) is 10.0 Å². The number of pyridine rings is 1. The molecule has 1 heterocycles. The van der Waals surface area contributed by atoms with Gasteiger partial charge >= 0.3 is 0 Å². The smallest absolute Gasteiger partial charge is 0.246 e. The van der Waals surface area contributed by atoms with E-state index in [1.807, 2.05) is 6.26 Å². The lowest BCUT2D eigenvalue weighted by Gasteiger charge is -2.17. The maximum absolute atomic E-state index is 12.1. The first-order valence-electron chi connectivity index (χ1n) is 5.16. The Morgan fingerprint density at radius 1 is 1.53 bits per heavy atom. The van der Waals surface area contributed by atoms with Gasteiger partial charge in [0.05, 0.1) is 0 Å². The molecule has 0 saturated carbocycles. The van der Waals surface area contributed by atoms with Gasteiger partial charge in [-0.3, -0.25) is 0 Å². The lowest BCUT2D eigenvalue weighted by molar-refractivity contribution is 0.470. The van der Waals surface area contributed by atoms with Crippen LogP contribution >= 0.6 is 11.8 Å². The highest BCUT2D eigenvalue weighted by Crippen LogP contribution is 2.19. The van der Waals surface area contributed by atoms with E-state index in [1.54, 1.807) is 24.9 Å². The van der Waals surface area contributed by atoms with Crippen molar-refractivity contribution in [2.45, 2.75) is 11.3 Å². The molecule has 0 radical (unpaired) electrons. The third-order valence-electron chi connectivity index (χ3n) is 2.31. The van der Waals surface area contributed by atoms with Crippen molar-refractivity contribution in [3.63, 3.8) is 0 Å². The first kappa shape index (κ1) is 14.3. The van der Waals surface area contributed by atoms with Crippen LogP contribution in [0.1, 0.15) is 6.42 Å². The minimum Gasteiger partial charge on any atom is -0.383 e. The monoisotopic (exact) mass is 275 g/mol. The van der Waals surface area contributed by atoms with Crippen LogP contribution in [0.2, 0.25) is 0 Å². The molecule has 0 aromatic carbocycles. The van der Waals surface area contributed by atoms with Crippen molar-refractivity contribution in [2.75, 3.05) is 31.3 Å². The van der Waals surface area contributed by atoms with Crippen LogP contribution < -0.4 is 5.73 Å². The summed E-state index contributed by atoms with van der Waals surface area (Å²) in [5.74, 6) is 0.978. The number of rotatable bonds is 6. The molecule has 1 aromatic rings. The van der Waals surface area contributed by atoms with Gasteiger partial charge in [0.15, 0.2) is 0 Å². The van der Waals surface area contributed by atoms with Crippen LogP contribution in [0.5, 0.6) is 0 Å². The fourth-order valence-electron chi connectivity index (χ4n) is 1.34. The van der Waals surface area contributed by atoms with Crippen LogP contribution in [0, 0.1) is 0 Å². The highest BCUT2D eigenvalue weighted by Gasteiger charge is 2.22. The number of hydrogen-bond donors (Lipinski definition) is 1. The molecule has 0 aliphatic rings. The largest absolute Gasteiger partial charge is 0.383 e. The standard InChI is InChI=1S/C10H17N3O2S2/c1-13(7-4-8-16-2)17(14,15)9-5-3-6-12-10(9)11/h3,5-6H,4,7-8H2,1-2H3,(H2,11,12). The molecule has 1 aromatic heterocycles. The van der Waals surface area contributed by atoms with Gasteiger partial charge in [-0.15, -0.1) is 0 Å². The lowest BCUT2D eigenvalue weighted by atomic mass is 10.5. The Hall–Kier alpha value is -0.790. The van der Waals surface area contributed by atoms with Gasteiger partial charge in [-0.05, 0) is 30.6 Å². The molecule has 0 unspecified atom stereocenters. The van der Waals surface area contributed by atoms with Gasteiger partial charge in [0.1, 0.15) is 10.7 Å². The summed E-state index contributed by atoms with van der Waals surface area (Å²) in [6, 6.07) is 3.04. The van der Waals surface area contributed by atoms with Gasteiger partial charge in [0, 0.05) is 19.8 Å². The summed E-state index contributed by atoms with van der Waals surface area (Å²) in [4.78, 5) is 3.87. The van der Waals surface area contributed by atoms with E-state index in [4.69, 9.17) is 5.73 Å². The molecule has 2 N–H and O–H groups in total. The molecule has 0 fully saturated rings. The van der Waals surface area contributed by atoms with Gasteiger partial charge in [-0.1, -0.05) is 0 Å². The zero-order valence-electron chi connectivity index (χ0n) is 9.96. The van der Waals surface area contributed by atoms with Crippen LogP contribution in [0.3, 0.4) is 0 Å². The summed E-state index contributed by atoms with van der Waals surface area (Å²) < 4.78 is 25.6. The predicted molar refractivity (Wildman–Crippen MR) is 71.5 cm³/mol. The normalized spacial score (nSPS) is 11.9. The molecule has 0 aliphatic heterocycles. The van der Waals surface area contributed by atoms with E-state index in [-0.39, 0.29) is 10.7 Å². The molecule has 0 bridgehead atoms. The molecular formula is C10H17N3O2S2. The van der Waals surface area contributed by atoms with Crippen molar-refractivity contribution in [1.29, 1.82) is 0 Å². The third kappa shape index (κ3) is 3.58. The Labute approximate surface area is 106 Å². The highest BCUT2D eigenvalue weighted by atomic mass is 32.2. The molecule has 0 saturated heterocycles. The average Bonchev–Trinajstić information content (AvgIpc) is 2.29. The van der Waals surface area contributed by atoms with E-state index < -0.39 is 10.0 Å². The molecule has 0 spiro atoms. The first-order valence-corrected chi connectivity index (χ1v) is 7.99. The number of nitrogen functional groups attached to an aromatic ring is 1. The van der Waals surface area contributed by atoms with Crippen molar-refractivity contribution in [3.05, 3.63) is 18.3 Å². The quantitative estimate of drug-likeness (QED) is 0.785. The fraction of sp³-hybridized carbons (Fsp3) is 0.500. The Kier molecular flexibility index (Phi) is 5.23. The molecule has 1 rings (SSSR count). The summed E-state index contributed by atoms with van der Waals surface area (Å²) in [7, 11) is -1.96. The topological polar surface area (TPSA) is 76.3 Å². The minimum absolute atomic E-state index is 0.0456. The van der Waals surface area contributed by atoms with Gasteiger partial charge in [-0.25, -0.2) is 17.7 Å². The van der Waals surface area contributed by atoms with E-state index in [1.165, 1.54) is 16.6 Å². The van der Waals surface area contributed by atoms with Crippen molar-refractivity contribution in [3.8, 4) is 0 Å². The first-order chi connectivity index (χ1) is 8.00. The molecule has 0 amide bonds. The summed E-state index contributed by atoms with van der Waals surface area (Å²) in [5, 5.41) is 0. The summed E-state index contributed by atoms with van der Waals surface area (Å²) in [5.41, 5.74) is 5.58. The molecule has 0 aliphatic carbocycles. The van der Waals surface area contributed by atoms with Crippen molar-refractivity contribution in [1.82, 2.24) is 9.29 Å². The van der Waals surface area contributed by atoms with Crippen LogP contribution in [0.25, 0.3) is 0 Å². The second kappa shape index (κ2) is 6.23. The van der Waals surface area contributed by atoms with Gasteiger partial charge < -0.3 is 5.73 Å². The summed E-state index contributed by atoms with van der Waals surface area (Å²) >= 11 is 1.69. The van der Waals surface area contributed by atoms with Crippen molar-refractivity contribution in [2.24, 2.45) is 0 Å². The Morgan fingerprint density at radius 3 is 2.82 bits per heavy atom. The number of anilines is 1. The molecule has 7 heteroatoms. The van der Waals surface area contributed by atoms with E-state index in [2.05, 4.69) is 4.98 Å². The second-order valence-electron chi connectivity index (χ2n) is 3.56. The van der Waals surface area contributed by atoms with Crippen molar-refractivity contribution >= 4 is 27.6 Å². The van der Waals surface area contributed by atoms with Crippen LogP contribution in [-0.2, 0) is 10.0 Å². The number of hydrogen-bond acceptors (Lipinski definition) is 5. The molecular weight excluding hydrogens is 258 g/mol. The van der Waals surface area contributed by atoms with E-state index in [9.17, 15) is 8.42 Å². The molecule has 0 atom stereocenters. The highest BCUT2D eigenvalue weighted by molar-refractivity contribution is 7.98. The Balaban J connectivity index is 2.85. The van der Waals surface area contributed by atoms with Crippen LogP contribution in [-0.4, -0.2) is 43.3 Å². The fourth-order valence-corrected chi connectivity index (χ4v) is 3.03. The van der Waals surface area contributed by atoms with Gasteiger partial charge in [0.25, 0.3) is 0 Å². The summed E-state index contributed by atoms with van der Waals surface area (Å²) in [6.45, 7) is 0.484. The SMILES string of the molecule is CSCCCN(C)S(=O)(=O)c1cccnc1N. The number of sulfonamides is 1. The van der Waals surface area contributed by atoms with Gasteiger partial charge in [-0.2, -0.15) is 11.8 Å². The lowest BCUT2D eigenvalue weighted by Crippen LogP contribution is -2.29. The maximum atomic E-state index is 12.1. The van der Waals surface area contributed by atoms with E-state index in [0.717, 1.165) is 12.2 Å². The number of nitrogens with two attached hydrogens (primary N) is 1. The second-order valence-corrected chi connectivity index (χ2v) is 6.56. The zero-order chi connectivity index (χ0) is 12.9. The summed E-state index contributed by atoms with van der Waals surface area (Å²) in [6.07, 6.45) is 4.28. The molecule has 17 heavy (non-hydrogen) atoms. The number of thioether (sulfide) groups is 1. The number of aromatic nitrogens is 1. The Bertz CT molecular complexity index is 462. The number of nitrogens with zero attached hydrogens (tertiary/aromatic N) is 2. The predicted octanol–water partition coefficient (Wildman–Crippen LogP) is 1.04. The average molecular weight is 275 g/mol. The third-order valence-corrected chi connectivity index (χ3v) is 4.91. The van der Waals surface area contributed by atoms with Crippen LogP contribution in [0.4, 0.5) is 5.82 Å². The van der Waals surface area contributed by atoms with E-state index >= 15 is 0 Å². The Morgan fingerprint density at radius 2 is 2.24 bits per heavy atom. The molecule has 5 nitrogen and oxygen atoms in total. The van der Waals surface area contributed by atoms with Crippen molar-refractivity contribution < 1.29 is 8.42 Å². The van der Waals surface area contributed by atoms with Crippen LogP contribution in [0.15, 0.2) is 23.2 Å². The maximum Gasteiger partial charge on any atom is 0.246 e. The zero-order valence-corrected chi connectivity index (χ0v) is 11.6. The molecule has 96 valence electrons.